The minimum absolute atomic E-state index is 0.182. The lowest BCUT2D eigenvalue weighted by Gasteiger charge is -2.15. The molecule has 138 valence electrons. The highest BCUT2D eigenvalue weighted by Gasteiger charge is 2.18. The summed E-state index contributed by atoms with van der Waals surface area (Å²) in [7, 11) is 4.47. The van der Waals surface area contributed by atoms with E-state index in [1.165, 1.54) is 28.3 Å². The third kappa shape index (κ3) is 4.24. The molecular formula is C19H22N2O5. The molecule has 2 rings (SSSR count). The van der Waals surface area contributed by atoms with E-state index < -0.39 is 0 Å². The molecule has 0 aromatic heterocycles. The van der Waals surface area contributed by atoms with Gasteiger partial charge >= 0.3 is 0 Å². The summed E-state index contributed by atoms with van der Waals surface area (Å²) in [5.41, 5.74) is 2.37. The number of ether oxygens (including phenoxy) is 3. The number of methoxy groups -OCH3 is 3. The van der Waals surface area contributed by atoms with Gasteiger partial charge in [0, 0.05) is 30.4 Å². The summed E-state index contributed by atoms with van der Waals surface area (Å²) in [6.45, 7) is 3.30. The van der Waals surface area contributed by atoms with E-state index in [0.29, 0.717) is 34.2 Å². The smallest absolute Gasteiger partial charge is 0.259 e. The van der Waals surface area contributed by atoms with E-state index in [9.17, 15) is 9.59 Å². The zero-order chi connectivity index (χ0) is 19.3. The predicted octanol–water partition coefficient (Wildman–Crippen LogP) is 3.23. The molecule has 26 heavy (non-hydrogen) atoms. The van der Waals surface area contributed by atoms with Gasteiger partial charge in [0.15, 0.2) is 11.5 Å². The quantitative estimate of drug-likeness (QED) is 0.828. The van der Waals surface area contributed by atoms with Gasteiger partial charge in [0.05, 0.1) is 26.9 Å². The largest absolute Gasteiger partial charge is 0.496 e. The summed E-state index contributed by atoms with van der Waals surface area (Å²) in [5.74, 6) is 0.679. The number of aryl methyl sites for hydroxylation is 1. The van der Waals surface area contributed by atoms with E-state index in [-0.39, 0.29) is 11.8 Å². The fourth-order valence-electron chi connectivity index (χ4n) is 2.43. The van der Waals surface area contributed by atoms with E-state index >= 15 is 0 Å². The molecule has 0 spiro atoms. The Labute approximate surface area is 152 Å². The van der Waals surface area contributed by atoms with Crippen LogP contribution in [0.1, 0.15) is 22.8 Å². The van der Waals surface area contributed by atoms with Gasteiger partial charge in [-0.1, -0.05) is 6.07 Å². The number of anilines is 2. The zero-order valence-electron chi connectivity index (χ0n) is 15.4. The number of amides is 2. The van der Waals surface area contributed by atoms with Crippen LogP contribution in [0.15, 0.2) is 30.3 Å². The van der Waals surface area contributed by atoms with Crippen molar-refractivity contribution in [3.8, 4) is 17.2 Å². The van der Waals surface area contributed by atoms with Gasteiger partial charge in [-0.15, -0.1) is 0 Å². The number of nitrogens with one attached hydrogen (secondary N) is 2. The third-order valence-corrected chi connectivity index (χ3v) is 3.76. The van der Waals surface area contributed by atoms with E-state index in [2.05, 4.69) is 10.6 Å². The Balaban J connectivity index is 2.34. The Morgan fingerprint density at radius 2 is 1.46 bits per heavy atom. The number of benzene rings is 2. The number of carbonyl (C=O) groups is 2. The van der Waals surface area contributed by atoms with Gasteiger partial charge in [0.25, 0.3) is 5.91 Å². The lowest BCUT2D eigenvalue weighted by molar-refractivity contribution is -0.114. The first-order valence-corrected chi connectivity index (χ1v) is 7.89. The maximum atomic E-state index is 12.7. The topological polar surface area (TPSA) is 85.9 Å². The summed E-state index contributed by atoms with van der Waals surface area (Å²) in [6, 6.07) is 8.40. The molecule has 2 aromatic carbocycles. The van der Waals surface area contributed by atoms with Crippen LogP contribution < -0.4 is 24.8 Å². The molecule has 2 N–H and O–H groups in total. The molecule has 2 amide bonds. The molecule has 0 aliphatic carbocycles. The average molecular weight is 358 g/mol. The second kappa shape index (κ2) is 8.24. The molecule has 0 bridgehead atoms. The Bertz CT molecular complexity index is 833. The lowest BCUT2D eigenvalue weighted by atomic mass is 10.1. The first-order valence-electron chi connectivity index (χ1n) is 7.89. The van der Waals surface area contributed by atoms with Crippen molar-refractivity contribution in [2.75, 3.05) is 32.0 Å². The molecule has 0 atom stereocenters. The fourth-order valence-corrected chi connectivity index (χ4v) is 2.43. The average Bonchev–Trinajstić information content (AvgIpc) is 2.62. The summed E-state index contributed by atoms with van der Waals surface area (Å²) < 4.78 is 15.8. The van der Waals surface area contributed by atoms with Crippen molar-refractivity contribution in [1.82, 2.24) is 0 Å². The van der Waals surface area contributed by atoms with Gasteiger partial charge in [0.1, 0.15) is 5.75 Å². The molecule has 0 radical (unpaired) electrons. The number of rotatable bonds is 6. The minimum Gasteiger partial charge on any atom is -0.496 e. The Morgan fingerprint density at radius 1 is 0.846 bits per heavy atom. The van der Waals surface area contributed by atoms with Gasteiger partial charge in [-0.2, -0.15) is 0 Å². The number of carbonyl (C=O) groups excluding carboxylic acids is 2. The molecular weight excluding hydrogens is 336 g/mol. The van der Waals surface area contributed by atoms with Crippen LogP contribution in [0.2, 0.25) is 0 Å². The monoisotopic (exact) mass is 358 g/mol. The standard InChI is InChI=1S/C19H22N2O5/c1-11-6-7-13(8-15(11)20-12(2)22)21-19(23)14-9-17(25-4)18(26-5)10-16(14)24-3/h6-10H,1-5H3,(H,20,22)(H,21,23). The van der Waals surface area contributed by atoms with Gasteiger partial charge in [-0.3, -0.25) is 9.59 Å². The van der Waals surface area contributed by atoms with E-state index in [4.69, 9.17) is 14.2 Å². The van der Waals surface area contributed by atoms with Crippen molar-refractivity contribution in [1.29, 1.82) is 0 Å². The normalized spacial score (nSPS) is 10.0. The molecule has 0 heterocycles. The molecule has 0 saturated heterocycles. The second-order valence-corrected chi connectivity index (χ2v) is 5.57. The SMILES string of the molecule is COc1cc(OC)c(C(=O)Nc2ccc(C)c(NC(C)=O)c2)cc1OC. The summed E-state index contributed by atoms with van der Waals surface area (Å²) >= 11 is 0. The fraction of sp³-hybridized carbons (Fsp3) is 0.263. The van der Waals surface area contributed by atoms with Gasteiger partial charge in [0.2, 0.25) is 5.91 Å². The van der Waals surface area contributed by atoms with Crippen molar-refractivity contribution in [3.63, 3.8) is 0 Å². The highest BCUT2D eigenvalue weighted by Crippen LogP contribution is 2.35. The van der Waals surface area contributed by atoms with Crippen LogP contribution in [0.25, 0.3) is 0 Å². The maximum absolute atomic E-state index is 12.7. The van der Waals surface area contributed by atoms with Crippen LogP contribution in [0.3, 0.4) is 0 Å². The first-order chi connectivity index (χ1) is 12.4. The van der Waals surface area contributed by atoms with Gasteiger partial charge in [-0.05, 0) is 24.6 Å². The van der Waals surface area contributed by atoms with Crippen LogP contribution in [0.4, 0.5) is 11.4 Å². The Kier molecular flexibility index (Phi) is 6.06. The zero-order valence-corrected chi connectivity index (χ0v) is 15.4. The van der Waals surface area contributed by atoms with Crippen molar-refractivity contribution >= 4 is 23.2 Å². The van der Waals surface area contributed by atoms with Crippen LogP contribution in [0.5, 0.6) is 17.2 Å². The number of hydrogen-bond donors (Lipinski definition) is 2. The van der Waals surface area contributed by atoms with Gasteiger partial charge in [-0.25, -0.2) is 0 Å². The molecule has 7 nitrogen and oxygen atoms in total. The third-order valence-electron chi connectivity index (χ3n) is 3.76. The first kappa shape index (κ1) is 19.1. The lowest BCUT2D eigenvalue weighted by Crippen LogP contribution is -2.14. The Morgan fingerprint density at radius 3 is 2.04 bits per heavy atom. The van der Waals surface area contributed by atoms with Crippen LogP contribution in [-0.2, 0) is 4.79 Å². The molecule has 7 heteroatoms. The molecule has 2 aromatic rings. The van der Waals surface area contributed by atoms with Crippen molar-refractivity contribution in [3.05, 3.63) is 41.5 Å². The maximum Gasteiger partial charge on any atom is 0.259 e. The van der Waals surface area contributed by atoms with Crippen LogP contribution in [-0.4, -0.2) is 33.1 Å². The highest BCUT2D eigenvalue weighted by atomic mass is 16.5. The molecule has 0 fully saturated rings. The Hall–Kier alpha value is -3.22. The van der Waals surface area contributed by atoms with Crippen LogP contribution in [0, 0.1) is 6.92 Å². The summed E-state index contributed by atoms with van der Waals surface area (Å²) in [4.78, 5) is 24.0. The summed E-state index contributed by atoms with van der Waals surface area (Å²) in [5, 5.41) is 5.53. The van der Waals surface area contributed by atoms with Crippen molar-refractivity contribution < 1.29 is 23.8 Å². The molecule has 0 unspecified atom stereocenters. The van der Waals surface area contributed by atoms with E-state index in [1.807, 2.05) is 13.0 Å². The van der Waals surface area contributed by atoms with E-state index in [1.54, 1.807) is 24.3 Å². The highest BCUT2D eigenvalue weighted by molar-refractivity contribution is 6.07. The van der Waals surface area contributed by atoms with Crippen LogP contribution >= 0.6 is 0 Å². The predicted molar refractivity (Wildman–Crippen MR) is 99.5 cm³/mol. The molecule has 0 aliphatic heterocycles. The van der Waals surface area contributed by atoms with Crippen molar-refractivity contribution in [2.45, 2.75) is 13.8 Å². The minimum atomic E-state index is -0.375. The van der Waals surface area contributed by atoms with Gasteiger partial charge < -0.3 is 24.8 Å². The van der Waals surface area contributed by atoms with E-state index in [0.717, 1.165) is 5.56 Å². The molecule has 0 aliphatic rings. The number of hydrogen-bond acceptors (Lipinski definition) is 5. The van der Waals surface area contributed by atoms with Crippen molar-refractivity contribution in [2.24, 2.45) is 0 Å². The second-order valence-electron chi connectivity index (χ2n) is 5.57. The molecule has 0 saturated carbocycles. The summed E-state index contributed by atoms with van der Waals surface area (Å²) in [6.07, 6.45) is 0.